The Kier molecular flexibility index (Phi) is 6.79. The Balaban J connectivity index is 1.22. The zero-order valence-corrected chi connectivity index (χ0v) is 20.1. The summed E-state index contributed by atoms with van der Waals surface area (Å²) in [6, 6.07) is 3.87. The molecule has 8 heteroatoms. The number of piperazine rings is 1. The van der Waals surface area contributed by atoms with Gasteiger partial charge in [0.1, 0.15) is 0 Å². The number of nitrogens with zero attached hydrogens (tertiary/aromatic N) is 4. The van der Waals surface area contributed by atoms with Crippen molar-refractivity contribution in [1.29, 1.82) is 0 Å². The average molecular weight is 456 g/mol. The van der Waals surface area contributed by atoms with Gasteiger partial charge in [-0.1, -0.05) is 20.8 Å². The zero-order chi connectivity index (χ0) is 22.7. The number of hydrogen-bond donors (Lipinski definition) is 1. The monoisotopic (exact) mass is 455 g/mol. The second-order valence-corrected chi connectivity index (χ2v) is 10.9. The van der Waals surface area contributed by atoms with Crippen LogP contribution in [0.25, 0.3) is 0 Å². The number of rotatable bonds is 5. The Hall–Kier alpha value is -2.48. The van der Waals surface area contributed by atoms with Crippen molar-refractivity contribution in [2.45, 2.75) is 46.5 Å². The number of thiophene rings is 1. The van der Waals surface area contributed by atoms with Crippen LogP contribution < -0.4 is 10.2 Å². The van der Waals surface area contributed by atoms with Crippen LogP contribution in [0.1, 0.15) is 53.7 Å². The van der Waals surface area contributed by atoms with Crippen LogP contribution in [0.15, 0.2) is 24.5 Å². The molecule has 0 radical (unpaired) electrons. The van der Waals surface area contributed by atoms with Gasteiger partial charge in [0.05, 0.1) is 4.88 Å². The summed E-state index contributed by atoms with van der Waals surface area (Å²) in [5.74, 6) is 1.39. The molecular weight excluding hydrogens is 422 g/mol. The number of nitrogens with one attached hydrogen (secondary N) is 1. The highest BCUT2D eigenvalue weighted by Gasteiger charge is 2.30. The van der Waals surface area contributed by atoms with E-state index in [1.54, 1.807) is 29.8 Å². The Morgan fingerprint density at radius 2 is 1.88 bits per heavy atom. The Bertz CT molecular complexity index is 945. The molecule has 0 aromatic carbocycles. The number of fused-ring (bicyclic) bond motifs is 1. The molecule has 7 nitrogen and oxygen atoms in total. The van der Waals surface area contributed by atoms with Crippen molar-refractivity contribution < 1.29 is 9.59 Å². The van der Waals surface area contributed by atoms with Crippen molar-refractivity contribution in [2.24, 2.45) is 11.3 Å². The fraction of sp³-hybridized carbons (Fsp3) is 0.583. The standard InChI is InChI=1S/C24H33N5O2S/c1-24(2,3)18-5-6-19-17(15-18)16-20(32-19)22(31)25-10-7-21(30)28-11-13-29(14-12-28)23-26-8-4-9-27-23/h4,8-9,16,18H,5-7,10-15H2,1-3H3,(H,25,31). The van der Waals surface area contributed by atoms with E-state index in [2.05, 4.69) is 47.0 Å². The third-order valence-corrected chi connectivity index (χ3v) is 7.86. The van der Waals surface area contributed by atoms with Crippen LogP contribution in [-0.4, -0.2) is 59.4 Å². The van der Waals surface area contributed by atoms with Crippen LogP contribution in [0.2, 0.25) is 0 Å². The maximum Gasteiger partial charge on any atom is 0.261 e. The minimum absolute atomic E-state index is 0.0597. The van der Waals surface area contributed by atoms with Gasteiger partial charge in [-0.15, -0.1) is 11.3 Å². The van der Waals surface area contributed by atoms with E-state index in [4.69, 9.17) is 0 Å². The first-order chi connectivity index (χ1) is 15.3. The first-order valence-electron chi connectivity index (χ1n) is 11.5. The lowest BCUT2D eigenvalue weighted by Crippen LogP contribution is -2.49. The van der Waals surface area contributed by atoms with E-state index in [-0.39, 0.29) is 11.8 Å². The average Bonchev–Trinajstić information content (AvgIpc) is 3.23. The Labute approximate surface area is 194 Å². The highest BCUT2D eigenvalue weighted by Crippen LogP contribution is 2.40. The molecule has 2 amide bonds. The van der Waals surface area contributed by atoms with Gasteiger partial charge in [-0.25, -0.2) is 9.97 Å². The van der Waals surface area contributed by atoms with E-state index >= 15 is 0 Å². The molecule has 2 aromatic heterocycles. The van der Waals surface area contributed by atoms with Crippen molar-refractivity contribution in [3.05, 3.63) is 39.8 Å². The number of carbonyl (C=O) groups is 2. The quantitative estimate of drug-likeness (QED) is 0.749. The van der Waals surface area contributed by atoms with Crippen molar-refractivity contribution in [3.63, 3.8) is 0 Å². The molecule has 2 aromatic rings. The zero-order valence-electron chi connectivity index (χ0n) is 19.3. The molecule has 1 N–H and O–H groups in total. The SMILES string of the molecule is CC(C)(C)C1CCc2sc(C(=O)NCCC(=O)N3CCN(c4ncccn4)CC3)cc2C1. The third-order valence-electron chi connectivity index (χ3n) is 6.62. The van der Waals surface area contributed by atoms with Crippen LogP contribution in [0.5, 0.6) is 0 Å². The lowest BCUT2D eigenvalue weighted by Gasteiger charge is -2.34. The second kappa shape index (κ2) is 9.57. The second-order valence-electron chi connectivity index (χ2n) is 9.79. The Morgan fingerprint density at radius 3 is 2.56 bits per heavy atom. The topological polar surface area (TPSA) is 78.4 Å². The molecule has 1 aliphatic heterocycles. The van der Waals surface area contributed by atoms with Gasteiger partial charge >= 0.3 is 0 Å². The highest BCUT2D eigenvalue weighted by molar-refractivity contribution is 7.14. The lowest BCUT2D eigenvalue weighted by atomic mass is 9.72. The van der Waals surface area contributed by atoms with Gasteiger partial charge in [0, 0.05) is 56.4 Å². The van der Waals surface area contributed by atoms with Gasteiger partial charge in [0.2, 0.25) is 11.9 Å². The molecule has 1 unspecified atom stereocenters. The smallest absolute Gasteiger partial charge is 0.261 e. The van der Waals surface area contributed by atoms with Crippen LogP contribution in [0, 0.1) is 11.3 Å². The maximum atomic E-state index is 12.7. The summed E-state index contributed by atoms with van der Waals surface area (Å²) in [6.45, 7) is 10.0. The molecule has 4 rings (SSSR count). The van der Waals surface area contributed by atoms with Crippen molar-refractivity contribution in [1.82, 2.24) is 20.2 Å². The maximum absolute atomic E-state index is 12.7. The van der Waals surface area contributed by atoms with E-state index in [1.807, 2.05) is 4.90 Å². The van der Waals surface area contributed by atoms with E-state index in [9.17, 15) is 9.59 Å². The fourth-order valence-corrected chi connectivity index (χ4v) is 5.64. The van der Waals surface area contributed by atoms with Crippen molar-refractivity contribution in [3.8, 4) is 0 Å². The van der Waals surface area contributed by atoms with E-state index in [0.717, 1.165) is 30.8 Å². The summed E-state index contributed by atoms with van der Waals surface area (Å²) >= 11 is 1.62. The molecule has 32 heavy (non-hydrogen) atoms. The molecule has 3 heterocycles. The van der Waals surface area contributed by atoms with Gasteiger partial charge in [-0.05, 0) is 48.3 Å². The van der Waals surface area contributed by atoms with Gasteiger partial charge in [-0.3, -0.25) is 9.59 Å². The van der Waals surface area contributed by atoms with Crippen LogP contribution in [0.4, 0.5) is 5.95 Å². The Morgan fingerprint density at radius 1 is 1.16 bits per heavy atom. The first kappa shape index (κ1) is 22.7. The number of aromatic nitrogens is 2. The number of aryl methyl sites for hydroxylation is 1. The third kappa shape index (κ3) is 5.28. The molecule has 0 bridgehead atoms. The summed E-state index contributed by atoms with van der Waals surface area (Å²) in [4.78, 5) is 39.9. The van der Waals surface area contributed by atoms with Crippen LogP contribution in [-0.2, 0) is 17.6 Å². The van der Waals surface area contributed by atoms with E-state index < -0.39 is 0 Å². The van der Waals surface area contributed by atoms with Crippen LogP contribution in [0.3, 0.4) is 0 Å². The minimum Gasteiger partial charge on any atom is -0.351 e. The molecule has 0 spiro atoms. The minimum atomic E-state index is -0.0597. The van der Waals surface area contributed by atoms with Gasteiger partial charge < -0.3 is 15.1 Å². The molecule has 1 fully saturated rings. The molecule has 0 saturated carbocycles. The summed E-state index contributed by atoms with van der Waals surface area (Å²) in [6.07, 6.45) is 7.10. The molecule has 2 aliphatic rings. The summed E-state index contributed by atoms with van der Waals surface area (Å²) in [5, 5.41) is 2.95. The number of amides is 2. The number of hydrogen-bond acceptors (Lipinski definition) is 6. The molecular formula is C24H33N5O2S. The summed E-state index contributed by atoms with van der Waals surface area (Å²) < 4.78 is 0. The first-order valence-corrected chi connectivity index (χ1v) is 12.3. The predicted molar refractivity (Wildman–Crippen MR) is 127 cm³/mol. The highest BCUT2D eigenvalue weighted by atomic mass is 32.1. The van der Waals surface area contributed by atoms with Crippen molar-refractivity contribution >= 4 is 29.1 Å². The lowest BCUT2D eigenvalue weighted by molar-refractivity contribution is -0.131. The molecule has 1 atom stereocenters. The van der Waals surface area contributed by atoms with Crippen LogP contribution >= 0.6 is 11.3 Å². The largest absolute Gasteiger partial charge is 0.351 e. The summed E-state index contributed by atoms with van der Waals surface area (Å²) in [7, 11) is 0. The van der Waals surface area contributed by atoms with E-state index in [0.29, 0.717) is 43.3 Å². The van der Waals surface area contributed by atoms with E-state index in [1.165, 1.54) is 16.9 Å². The summed E-state index contributed by atoms with van der Waals surface area (Å²) in [5.41, 5.74) is 1.63. The van der Waals surface area contributed by atoms with Gasteiger partial charge in [0.15, 0.2) is 0 Å². The number of carbonyl (C=O) groups excluding carboxylic acids is 2. The van der Waals surface area contributed by atoms with Gasteiger partial charge in [-0.2, -0.15) is 0 Å². The van der Waals surface area contributed by atoms with Crippen molar-refractivity contribution in [2.75, 3.05) is 37.6 Å². The fourth-order valence-electron chi connectivity index (χ4n) is 4.51. The number of anilines is 1. The molecule has 172 valence electrons. The normalized spacial score (nSPS) is 18.9. The molecule has 1 saturated heterocycles. The predicted octanol–water partition coefficient (Wildman–Crippen LogP) is 3.16. The molecule has 1 aliphatic carbocycles. The van der Waals surface area contributed by atoms with Gasteiger partial charge in [0.25, 0.3) is 5.91 Å².